The third kappa shape index (κ3) is 1.48. The number of aromatic nitrogens is 2. The first kappa shape index (κ1) is 8.80. The highest BCUT2D eigenvalue weighted by molar-refractivity contribution is 5.47. The molecule has 3 nitrogen and oxygen atoms in total. The molecule has 14 heavy (non-hydrogen) atoms. The quantitative estimate of drug-likeness (QED) is 0.702. The summed E-state index contributed by atoms with van der Waals surface area (Å²) in [6, 6.07) is 0.738. The number of aryl methyl sites for hydroxylation is 1. The number of pyridine rings is 1. The van der Waals surface area contributed by atoms with Crippen LogP contribution in [0.15, 0.2) is 22.9 Å². The van der Waals surface area contributed by atoms with Crippen molar-refractivity contribution in [3.8, 4) is 11.6 Å². The molecular weight excluding hydrogens is 190 g/mol. The van der Waals surface area contributed by atoms with Gasteiger partial charge < -0.3 is 4.42 Å². The van der Waals surface area contributed by atoms with Gasteiger partial charge in [-0.2, -0.15) is 0 Å². The predicted octanol–water partition coefficient (Wildman–Crippen LogP) is 2.32. The van der Waals surface area contributed by atoms with Gasteiger partial charge in [-0.15, -0.1) is 0 Å². The van der Waals surface area contributed by atoms with Gasteiger partial charge >= 0.3 is 0 Å². The molecule has 0 aromatic carbocycles. The molecule has 72 valence electrons. The minimum atomic E-state index is -0.785. The zero-order valence-corrected chi connectivity index (χ0v) is 7.29. The summed E-state index contributed by atoms with van der Waals surface area (Å²) in [6.07, 6.45) is 2.36. The molecule has 0 aliphatic carbocycles. The minimum Gasteiger partial charge on any atom is -0.440 e. The van der Waals surface area contributed by atoms with E-state index in [0.717, 1.165) is 12.3 Å². The molecule has 0 saturated heterocycles. The summed E-state index contributed by atoms with van der Waals surface area (Å²) < 4.78 is 30.7. The van der Waals surface area contributed by atoms with Crippen LogP contribution in [0.2, 0.25) is 0 Å². The van der Waals surface area contributed by atoms with E-state index in [1.54, 1.807) is 6.92 Å². The molecule has 0 aliphatic heterocycles. The van der Waals surface area contributed by atoms with Crippen LogP contribution in [0.25, 0.3) is 11.6 Å². The van der Waals surface area contributed by atoms with Crippen LogP contribution in [-0.4, -0.2) is 9.97 Å². The Bertz CT molecular complexity index is 468. The SMILES string of the molecule is Cc1cnc(-c2ncc(F)cc2F)o1. The molecule has 0 unspecified atom stereocenters. The van der Waals surface area contributed by atoms with E-state index in [1.807, 2.05) is 0 Å². The lowest BCUT2D eigenvalue weighted by Crippen LogP contribution is -1.90. The number of rotatable bonds is 1. The summed E-state index contributed by atoms with van der Waals surface area (Å²) >= 11 is 0. The summed E-state index contributed by atoms with van der Waals surface area (Å²) in [4.78, 5) is 7.34. The molecule has 2 aromatic heterocycles. The van der Waals surface area contributed by atoms with Crippen molar-refractivity contribution in [1.29, 1.82) is 0 Å². The Kier molecular flexibility index (Phi) is 1.99. The Labute approximate surface area is 78.4 Å². The molecule has 0 fully saturated rings. The standard InChI is InChI=1S/C9H6F2N2O/c1-5-3-13-9(14-5)8-7(11)2-6(10)4-12-8/h2-4H,1H3. The largest absolute Gasteiger partial charge is 0.440 e. The van der Waals surface area contributed by atoms with Crippen molar-refractivity contribution < 1.29 is 13.2 Å². The highest BCUT2D eigenvalue weighted by Crippen LogP contribution is 2.19. The van der Waals surface area contributed by atoms with Crippen molar-refractivity contribution >= 4 is 0 Å². The molecule has 0 radical (unpaired) electrons. The van der Waals surface area contributed by atoms with Crippen LogP contribution < -0.4 is 0 Å². The van der Waals surface area contributed by atoms with Gasteiger partial charge in [-0.05, 0) is 6.92 Å². The van der Waals surface area contributed by atoms with Gasteiger partial charge in [0.15, 0.2) is 11.5 Å². The van der Waals surface area contributed by atoms with Crippen molar-refractivity contribution in [2.75, 3.05) is 0 Å². The zero-order valence-electron chi connectivity index (χ0n) is 7.29. The second-order valence-electron chi connectivity index (χ2n) is 2.76. The van der Waals surface area contributed by atoms with Crippen molar-refractivity contribution in [3.63, 3.8) is 0 Å². The highest BCUT2D eigenvalue weighted by atomic mass is 19.1. The number of hydrogen-bond donors (Lipinski definition) is 0. The third-order valence-corrected chi connectivity index (χ3v) is 1.63. The summed E-state index contributed by atoms with van der Waals surface area (Å²) in [5, 5.41) is 0. The molecule has 0 amide bonds. The molecule has 2 rings (SSSR count). The van der Waals surface area contributed by atoms with Crippen LogP contribution in [0.4, 0.5) is 8.78 Å². The van der Waals surface area contributed by atoms with Gasteiger partial charge in [-0.25, -0.2) is 18.7 Å². The van der Waals surface area contributed by atoms with E-state index >= 15 is 0 Å². The summed E-state index contributed by atoms with van der Waals surface area (Å²) in [7, 11) is 0. The molecular formula is C9H6F2N2O. The third-order valence-electron chi connectivity index (χ3n) is 1.63. The first-order valence-electron chi connectivity index (χ1n) is 3.90. The van der Waals surface area contributed by atoms with E-state index in [-0.39, 0.29) is 11.6 Å². The topological polar surface area (TPSA) is 38.9 Å². The second-order valence-corrected chi connectivity index (χ2v) is 2.76. The molecule has 0 saturated carbocycles. The van der Waals surface area contributed by atoms with E-state index in [4.69, 9.17) is 4.42 Å². The molecule has 0 N–H and O–H groups in total. The van der Waals surface area contributed by atoms with Gasteiger partial charge in [0.1, 0.15) is 11.6 Å². The van der Waals surface area contributed by atoms with Crippen LogP contribution in [0, 0.1) is 18.6 Å². The zero-order chi connectivity index (χ0) is 10.1. The number of halogens is 2. The van der Waals surface area contributed by atoms with Crippen LogP contribution in [0.3, 0.4) is 0 Å². The van der Waals surface area contributed by atoms with E-state index in [9.17, 15) is 8.78 Å². The minimum absolute atomic E-state index is 0.0556. The van der Waals surface area contributed by atoms with Crippen LogP contribution in [-0.2, 0) is 0 Å². The monoisotopic (exact) mass is 196 g/mol. The normalized spacial score (nSPS) is 10.5. The van der Waals surface area contributed by atoms with E-state index in [2.05, 4.69) is 9.97 Å². The molecule has 0 atom stereocenters. The lowest BCUT2D eigenvalue weighted by atomic mass is 10.3. The molecule has 0 spiro atoms. The number of hydrogen-bond acceptors (Lipinski definition) is 3. The number of nitrogens with zero attached hydrogens (tertiary/aromatic N) is 2. The van der Waals surface area contributed by atoms with Gasteiger partial charge in [-0.3, -0.25) is 0 Å². The van der Waals surface area contributed by atoms with Crippen LogP contribution in [0.1, 0.15) is 5.76 Å². The fourth-order valence-electron chi connectivity index (χ4n) is 1.04. The predicted molar refractivity (Wildman–Crippen MR) is 44.4 cm³/mol. The maximum atomic E-state index is 13.1. The Morgan fingerprint density at radius 1 is 1.21 bits per heavy atom. The average Bonchev–Trinajstić information content (AvgIpc) is 2.51. The van der Waals surface area contributed by atoms with Crippen molar-refractivity contribution in [2.45, 2.75) is 6.92 Å². The van der Waals surface area contributed by atoms with Crippen molar-refractivity contribution in [1.82, 2.24) is 9.97 Å². The summed E-state index contributed by atoms with van der Waals surface area (Å²) in [5.74, 6) is -0.910. The first-order valence-corrected chi connectivity index (χ1v) is 3.90. The lowest BCUT2D eigenvalue weighted by molar-refractivity contribution is 0.526. The van der Waals surface area contributed by atoms with Crippen LogP contribution in [0.5, 0.6) is 0 Å². The van der Waals surface area contributed by atoms with E-state index < -0.39 is 11.6 Å². The molecule has 2 aromatic rings. The maximum absolute atomic E-state index is 13.1. The van der Waals surface area contributed by atoms with Gasteiger partial charge in [-0.1, -0.05) is 0 Å². The molecule has 0 aliphatic rings. The smallest absolute Gasteiger partial charge is 0.248 e. The van der Waals surface area contributed by atoms with Crippen molar-refractivity contribution in [3.05, 3.63) is 35.9 Å². The summed E-state index contributed by atoms with van der Waals surface area (Å²) in [5.41, 5.74) is -0.0838. The fourth-order valence-corrected chi connectivity index (χ4v) is 1.04. The summed E-state index contributed by atoms with van der Waals surface area (Å²) in [6.45, 7) is 1.68. The lowest BCUT2D eigenvalue weighted by Gasteiger charge is -1.96. The Hall–Kier alpha value is -1.78. The first-order chi connectivity index (χ1) is 6.66. The second kappa shape index (κ2) is 3.17. The molecule has 5 heteroatoms. The fraction of sp³-hybridized carbons (Fsp3) is 0.111. The van der Waals surface area contributed by atoms with Gasteiger partial charge in [0.2, 0.25) is 5.89 Å². The molecule has 2 heterocycles. The number of oxazole rings is 1. The van der Waals surface area contributed by atoms with E-state index in [0.29, 0.717) is 5.76 Å². The van der Waals surface area contributed by atoms with Gasteiger partial charge in [0.25, 0.3) is 0 Å². The Morgan fingerprint density at radius 3 is 2.57 bits per heavy atom. The Balaban J connectivity index is 2.52. The van der Waals surface area contributed by atoms with Gasteiger partial charge in [0, 0.05) is 6.07 Å². The molecule has 0 bridgehead atoms. The Morgan fingerprint density at radius 2 is 2.00 bits per heavy atom. The van der Waals surface area contributed by atoms with Crippen LogP contribution >= 0.6 is 0 Å². The highest BCUT2D eigenvalue weighted by Gasteiger charge is 2.12. The average molecular weight is 196 g/mol. The van der Waals surface area contributed by atoms with Gasteiger partial charge in [0.05, 0.1) is 12.4 Å². The van der Waals surface area contributed by atoms with Crippen molar-refractivity contribution in [2.24, 2.45) is 0 Å². The van der Waals surface area contributed by atoms with E-state index in [1.165, 1.54) is 6.20 Å². The maximum Gasteiger partial charge on any atom is 0.248 e.